The van der Waals surface area contributed by atoms with Gasteiger partial charge in [-0.1, -0.05) is 23.7 Å². The van der Waals surface area contributed by atoms with Crippen LogP contribution in [0.5, 0.6) is 0 Å². The van der Waals surface area contributed by atoms with Crippen molar-refractivity contribution in [3.05, 3.63) is 64.2 Å². The van der Waals surface area contributed by atoms with E-state index >= 15 is 0 Å². The number of ether oxygens (including phenoxy) is 1. The van der Waals surface area contributed by atoms with Gasteiger partial charge >= 0.3 is 6.18 Å². The van der Waals surface area contributed by atoms with Crippen LogP contribution in [0.15, 0.2) is 47.4 Å². The molecule has 1 saturated heterocycles. The van der Waals surface area contributed by atoms with Crippen LogP contribution in [0.2, 0.25) is 5.02 Å². The topological polar surface area (TPSA) is 9.23 Å². The Hall–Kier alpha value is -1.17. The van der Waals surface area contributed by atoms with Gasteiger partial charge in [0.25, 0.3) is 0 Å². The lowest BCUT2D eigenvalue weighted by Crippen LogP contribution is -2.32. The number of thioether (sulfide) groups is 1. The minimum Gasteiger partial charge on any atom is -0.373 e. The Morgan fingerprint density at radius 1 is 1.19 bits per heavy atom. The molecular weight excluding hydrogens is 381 g/mol. The molecule has 1 heterocycles. The quantitative estimate of drug-likeness (QED) is 0.544. The first-order valence-electron chi connectivity index (χ1n) is 8.40. The summed E-state index contributed by atoms with van der Waals surface area (Å²) < 4.78 is 44.7. The maximum Gasteiger partial charge on any atom is 0.416 e. The molecule has 1 aliphatic rings. The fourth-order valence-electron chi connectivity index (χ4n) is 3.28. The maximum atomic E-state index is 13.0. The Labute approximate surface area is 160 Å². The average Bonchev–Trinajstić information content (AvgIpc) is 2.54. The molecule has 1 aliphatic heterocycles. The number of halogens is 4. The molecule has 0 aliphatic carbocycles. The summed E-state index contributed by atoms with van der Waals surface area (Å²) in [6.07, 6.45) is -2.88. The van der Waals surface area contributed by atoms with Crippen molar-refractivity contribution in [1.29, 1.82) is 0 Å². The highest BCUT2D eigenvalue weighted by molar-refractivity contribution is 8.00. The van der Waals surface area contributed by atoms with Crippen LogP contribution in [0.3, 0.4) is 0 Å². The van der Waals surface area contributed by atoms with E-state index < -0.39 is 11.7 Å². The number of aryl methyl sites for hydroxylation is 1. The van der Waals surface area contributed by atoms with E-state index in [2.05, 4.69) is 6.92 Å². The lowest BCUT2D eigenvalue weighted by Gasteiger charge is -2.38. The second-order valence-corrected chi connectivity index (χ2v) is 8.99. The van der Waals surface area contributed by atoms with Gasteiger partial charge in [0.15, 0.2) is 0 Å². The molecule has 1 fully saturated rings. The summed E-state index contributed by atoms with van der Waals surface area (Å²) in [5.41, 5.74) is 1.55. The molecule has 2 atom stereocenters. The standard InChI is InChI=1S/C20H20ClF3OS/c1-13-10-15(21)6-7-17(13)18-12-19(2,8-9-25-18)26-16-5-3-4-14(11-16)20(22,23)24/h3-7,10-11,18H,8-9,12H2,1-2H3. The predicted molar refractivity (Wildman–Crippen MR) is 99.8 cm³/mol. The van der Waals surface area contributed by atoms with Crippen LogP contribution in [0.25, 0.3) is 0 Å². The van der Waals surface area contributed by atoms with Crippen LogP contribution in [-0.2, 0) is 10.9 Å². The zero-order valence-electron chi connectivity index (χ0n) is 14.6. The number of hydrogen-bond acceptors (Lipinski definition) is 2. The van der Waals surface area contributed by atoms with E-state index in [-0.39, 0.29) is 10.9 Å². The largest absolute Gasteiger partial charge is 0.416 e. The Bertz CT molecular complexity index is 793. The van der Waals surface area contributed by atoms with Gasteiger partial charge in [0.1, 0.15) is 0 Å². The fraction of sp³-hybridized carbons (Fsp3) is 0.400. The van der Waals surface area contributed by atoms with Crippen LogP contribution in [-0.4, -0.2) is 11.4 Å². The molecule has 26 heavy (non-hydrogen) atoms. The van der Waals surface area contributed by atoms with Crippen LogP contribution >= 0.6 is 23.4 Å². The van der Waals surface area contributed by atoms with E-state index in [0.717, 1.165) is 30.0 Å². The van der Waals surface area contributed by atoms with E-state index in [0.29, 0.717) is 16.5 Å². The Balaban J connectivity index is 1.79. The highest BCUT2D eigenvalue weighted by Crippen LogP contribution is 2.47. The molecule has 0 saturated carbocycles. The van der Waals surface area contributed by atoms with Gasteiger partial charge in [-0.3, -0.25) is 0 Å². The van der Waals surface area contributed by atoms with Gasteiger partial charge in [-0.05, 0) is 68.1 Å². The number of alkyl halides is 3. The molecule has 2 unspecified atom stereocenters. The molecule has 6 heteroatoms. The minimum atomic E-state index is -4.32. The molecule has 1 nitrogen and oxygen atoms in total. The summed E-state index contributed by atoms with van der Waals surface area (Å²) in [6.45, 7) is 4.67. The van der Waals surface area contributed by atoms with Gasteiger partial charge in [0.2, 0.25) is 0 Å². The summed E-state index contributed by atoms with van der Waals surface area (Å²) in [7, 11) is 0. The van der Waals surface area contributed by atoms with Crippen molar-refractivity contribution in [2.45, 2.75) is 48.6 Å². The third kappa shape index (κ3) is 4.56. The van der Waals surface area contributed by atoms with Crippen molar-refractivity contribution in [3.63, 3.8) is 0 Å². The van der Waals surface area contributed by atoms with Crippen molar-refractivity contribution in [2.75, 3.05) is 6.61 Å². The smallest absolute Gasteiger partial charge is 0.373 e. The lowest BCUT2D eigenvalue weighted by atomic mass is 9.90. The molecule has 2 aromatic carbocycles. The summed E-state index contributed by atoms with van der Waals surface area (Å²) >= 11 is 7.53. The predicted octanol–water partition coefficient (Wildman–Crippen LogP) is 7.07. The summed E-state index contributed by atoms with van der Waals surface area (Å²) in [5.74, 6) is 0. The van der Waals surface area contributed by atoms with E-state index in [4.69, 9.17) is 16.3 Å². The molecule has 3 rings (SSSR count). The number of benzene rings is 2. The molecule has 0 aromatic heterocycles. The van der Waals surface area contributed by atoms with Crippen molar-refractivity contribution in [3.8, 4) is 0 Å². The van der Waals surface area contributed by atoms with Crippen molar-refractivity contribution in [1.82, 2.24) is 0 Å². The van der Waals surface area contributed by atoms with Crippen LogP contribution in [0.4, 0.5) is 13.2 Å². The normalized spacial score (nSPS) is 23.8. The first-order valence-corrected chi connectivity index (χ1v) is 9.60. The summed E-state index contributed by atoms with van der Waals surface area (Å²) in [6, 6.07) is 11.3. The summed E-state index contributed by atoms with van der Waals surface area (Å²) in [5, 5.41) is 0.683. The Kier molecular flexibility index (Phi) is 5.61. The molecule has 0 radical (unpaired) electrons. The third-order valence-corrected chi connectivity index (χ3v) is 6.26. The van der Waals surface area contributed by atoms with Crippen LogP contribution in [0, 0.1) is 6.92 Å². The van der Waals surface area contributed by atoms with Gasteiger partial charge < -0.3 is 4.74 Å². The molecule has 140 valence electrons. The summed E-state index contributed by atoms with van der Waals surface area (Å²) in [4.78, 5) is 0.635. The van der Waals surface area contributed by atoms with Gasteiger partial charge in [0.05, 0.1) is 11.7 Å². The zero-order valence-corrected chi connectivity index (χ0v) is 16.1. The van der Waals surface area contributed by atoms with Gasteiger partial charge in [-0.15, -0.1) is 11.8 Å². The van der Waals surface area contributed by atoms with Crippen molar-refractivity contribution < 1.29 is 17.9 Å². The number of hydrogen-bond donors (Lipinski definition) is 0. The molecule has 0 bridgehead atoms. The molecule has 0 N–H and O–H groups in total. The fourth-order valence-corrected chi connectivity index (χ4v) is 4.83. The van der Waals surface area contributed by atoms with Gasteiger partial charge in [-0.25, -0.2) is 0 Å². The first kappa shape index (κ1) is 19.6. The van der Waals surface area contributed by atoms with E-state index in [9.17, 15) is 13.2 Å². The second kappa shape index (κ2) is 7.45. The molecule has 0 amide bonds. The first-order chi connectivity index (χ1) is 12.2. The van der Waals surface area contributed by atoms with E-state index in [1.165, 1.54) is 23.9 Å². The Morgan fingerprint density at radius 3 is 2.65 bits per heavy atom. The maximum absolute atomic E-state index is 13.0. The SMILES string of the molecule is Cc1cc(Cl)ccc1C1CC(C)(Sc2cccc(C(F)(F)F)c2)CCO1. The van der Waals surface area contributed by atoms with E-state index in [1.807, 2.05) is 25.1 Å². The molecule has 0 spiro atoms. The van der Waals surface area contributed by atoms with Crippen LogP contribution in [0.1, 0.15) is 42.6 Å². The van der Waals surface area contributed by atoms with Crippen LogP contribution < -0.4 is 0 Å². The highest BCUT2D eigenvalue weighted by atomic mass is 35.5. The number of rotatable bonds is 3. The Morgan fingerprint density at radius 2 is 1.96 bits per heavy atom. The second-order valence-electron chi connectivity index (χ2n) is 6.89. The zero-order chi connectivity index (χ0) is 18.9. The molecular formula is C20H20ClF3OS. The molecule has 2 aromatic rings. The minimum absolute atomic E-state index is 0.0793. The van der Waals surface area contributed by atoms with Crippen molar-refractivity contribution >= 4 is 23.4 Å². The van der Waals surface area contributed by atoms with E-state index in [1.54, 1.807) is 6.07 Å². The monoisotopic (exact) mass is 400 g/mol. The lowest BCUT2D eigenvalue weighted by molar-refractivity contribution is -0.137. The van der Waals surface area contributed by atoms with Crippen molar-refractivity contribution in [2.24, 2.45) is 0 Å². The van der Waals surface area contributed by atoms with Gasteiger partial charge in [-0.2, -0.15) is 13.2 Å². The van der Waals surface area contributed by atoms with Gasteiger partial charge in [0, 0.05) is 21.3 Å². The third-order valence-electron chi connectivity index (χ3n) is 4.67. The highest BCUT2D eigenvalue weighted by Gasteiger charge is 2.36. The average molecular weight is 401 g/mol.